The van der Waals surface area contributed by atoms with Gasteiger partial charge >= 0.3 is 0 Å². The van der Waals surface area contributed by atoms with Crippen molar-refractivity contribution in [3.05, 3.63) is 0 Å². The highest BCUT2D eigenvalue weighted by molar-refractivity contribution is 4.50. The van der Waals surface area contributed by atoms with Gasteiger partial charge in [0.2, 0.25) is 0 Å². The highest BCUT2D eigenvalue weighted by Gasteiger charge is 2.23. The van der Waals surface area contributed by atoms with Gasteiger partial charge < -0.3 is 9.59 Å². The number of likely N-dealkylation sites (tertiary alicyclic amines) is 1. The number of quaternary nitrogens is 1. The molecule has 0 atom stereocenters. The molecule has 1 heterocycles. The van der Waals surface area contributed by atoms with Crippen molar-refractivity contribution >= 4 is 0 Å². The van der Waals surface area contributed by atoms with Gasteiger partial charge in [-0.1, -0.05) is 0 Å². The minimum atomic E-state index is 0.344. The number of likely N-dealkylation sites (N-methyl/N-ethyl adjacent to an activating group) is 1. The fourth-order valence-electron chi connectivity index (χ4n) is 1.74. The molecule has 2 nitrogen and oxygen atoms in total. The lowest BCUT2D eigenvalue weighted by atomic mass is 10.1. The van der Waals surface area contributed by atoms with Crippen LogP contribution in [0, 0.1) is 0 Å². The van der Waals surface area contributed by atoms with Gasteiger partial charge in [-0.2, -0.15) is 0 Å². The zero-order valence-electron chi connectivity index (χ0n) is 6.84. The Labute approximate surface area is 63.1 Å². The van der Waals surface area contributed by atoms with E-state index in [1.807, 2.05) is 0 Å². The Bertz CT molecular complexity index is 91.9. The van der Waals surface area contributed by atoms with E-state index in [0.29, 0.717) is 6.61 Å². The number of piperidine rings is 1. The summed E-state index contributed by atoms with van der Waals surface area (Å²) in [5.74, 6) is 0. The van der Waals surface area contributed by atoms with Crippen molar-refractivity contribution in [3.63, 3.8) is 0 Å². The first-order valence-corrected chi connectivity index (χ1v) is 4.21. The summed E-state index contributed by atoms with van der Waals surface area (Å²) in [6.07, 6.45) is 4.08. The Balaban J connectivity index is 2.32. The first-order valence-electron chi connectivity index (χ1n) is 4.21. The standard InChI is InChI=1S/C8H18NO/c1-9(7-8-10)5-3-2-4-6-9/h10H,2-8H2,1H3/q+1. The molecule has 1 fully saturated rings. The molecule has 0 aromatic carbocycles. The fourth-order valence-corrected chi connectivity index (χ4v) is 1.74. The predicted octanol–water partition coefficient (Wildman–Crippen LogP) is 0.609. The van der Waals surface area contributed by atoms with E-state index < -0.39 is 0 Å². The minimum absolute atomic E-state index is 0.344. The molecule has 0 aromatic heterocycles. The van der Waals surface area contributed by atoms with Crippen LogP contribution in [-0.2, 0) is 0 Å². The van der Waals surface area contributed by atoms with Gasteiger partial charge in [0, 0.05) is 0 Å². The molecule has 0 aromatic rings. The molecule has 60 valence electrons. The second-order valence-corrected chi connectivity index (χ2v) is 3.57. The second-order valence-electron chi connectivity index (χ2n) is 3.57. The number of aliphatic hydroxyl groups is 1. The van der Waals surface area contributed by atoms with Crippen molar-refractivity contribution in [2.45, 2.75) is 19.3 Å². The number of aliphatic hydroxyl groups excluding tert-OH is 1. The smallest absolute Gasteiger partial charge is 0.102 e. The molecule has 0 aliphatic carbocycles. The summed E-state index contributed by atoms with van der Waals surface area (Å²) in [7, 11) is 2.25. The Hall–Kier alpha value is -0.0800. The van der Waals surface area contributed by atoms with E-state index in [4.69, 9.17) is 5.11 Å². The van der Waals surface area contributed by atoms with Crippen molar-refractivity contribution < 1.29 is 9.59 Å². The number of nitrogens with zero attached hydrogens (tertiary/aromatic N) is 1. The molecule has 1 saturated heterocycles. The molecular weight excluding hydrogens is 126 g/mol. The highest BCUT2D eigenvalue weighted by Crippen LogP contribution is 2.14. The van der Waals surface area contributed by atoms with Crippen LogP contribution in [0.15, 0.2) is 0 Å². The van der Waals surface area contributed by atoms with E-state index in [0.717, 1.165) is 11.0 Å². The SMILES string of the molecule is C[N+]1(CCO)CCCCC1. The van der Waals surface area contributed by atoms with Gasteiger partial charge in [0.15, 0.2) is 0 Å². The molecule has 0 saturated carbocycles. The number of hydrogen-bond donors (Lipinski definition) is 1. The lowest BCUT2D eigenvalue weighted by Gasteiger charge is -2.37. The lowest BCUT2D eigenvalue weighted by Crippen LogP contribution is -2.49. The molecule has 0 spiro atoms. The van der Waals surface area contributed by atoms with Crippen molar-refractivity contribution in [3.8, 4) is 0 Å². The molecule has 10 heavy (non-hydrogen) atoms. The third kappa shape index (κ3) is 1.96. The summed E-state index contributed by atoms with van der Waals surface area (Å²) >= 11 is 0. The maximum Gasteiger partial charge on any atom is 0.102 e. The monoisotopic (exact) mass is 144 g/mol. The van der Waals surface area contributed by atoms with Crippen molar-refractivity contribution in [1.82, 2.24) is 0 Å². The van der Waals surface area contributed by atoms with Crippen molar-refractivity contribution in [2.75, 3.05) is 33.3 Å². The first-order chi connectivity index (χ1) is 4.77. The van der Waals surface area contributed by atoms with Crippen LogP contribution in [0.3, 0.4) is 0 Å². The third-order valence-corrected chi connectivity index (χ3v) is 2.54. The predicted molar refractivity (Wildman–Crippen MR) is 41.7 cm³/mol. The molecule has 1 rings (SSSR count). The second kappa shape index (κ2) is 3.35. The largest absolute Gasteiger partial charge is 0.391 e. The molecule has 0 amide bonds. The summed E-state index contributed by atoms with van der Waals surface area (Å²) < 4.78 is 1.09. The van der Waals surface area contributed by atoms with Crippen LogP contribution in [0.1, 0.15) is 19.3 Å². The maximum atomic E-state index is 8.77. The Morgan fingerprint density at radius 1 is 1.20 bits per heavy atom. The van der Waals surface area contributed by atoms with Crippen LogP contribution in [0.2, 0.25) is 0 Å². The van der Waals surface area contributed by atoms with Crippen LogP contribution < -0.4 is 0 Å². The Morgan fingerprint density at radius 3 is 2.30 bits per heavy atom. The Morgan fingerprint density at radius 2 is 1.80 bits per heavy atom. The van der Waals surface area contributed by atoms with Crippen LogP contribution in [0.4, 0.5) is 0 Å². The number of hydrogen-bond acceptors (Lipinski definition) is 1. The zero-order chi connectivity index (χ0) is 7.45. The van der Waals surface area contributed by atoms with Gasteiger partial charge in [-0.25, -0.2) is 0 Å². The summed E-state index contributed by atoms with van der Waals surface area (Å²) in [4.78, 5) is 0. The van der Waals surface area contributed by atoms with Crippen LogP contribution in [-0.4, -0.2) is 42.9 Å². The van der Waals surface area contributed by atoms with Gasteiger partial charge in [-0.3, -0.25) is 0 Å². The summed E-state index contributed by atoms with van der Waals surface area (Å²) in [5, 5.41) is 8.77. The molecular formula is C8H18NO+. The van der Waals surface area contributed by atoms with Crippen LogP contribution >= 0.6 is 0 Å². The molecule has 0 unspecified atom stereocenters. The van der Waals surface area contributed by atoms with E-state index >= 15 is 0 Å². The van der Waals surface area contributed by atoms with Crippen LogP contribution in [0.25, 0.3) is 0 Å². The van der Waals surface area contributed by atoms with E-state index in [1.54, 1.807) is 0 Å². The first kappa shape index (κ1) is 8.02. The average molecular weight is 144 g/mol. The van der Waals surface area contributed by atoms with Gasteiger partial charge in [-0.05, 0) is 19.3 Å². The van der Waals surface area contributed by atoms with E-state index in [1.165, 1.54) is 32.4 Å². The van der Waals surface area contributed by atoms with Gasteiger partial charge in [0.05, 0.1) is 26.7 Å². The number of rotatable bonds is 2. The average Bonchev–Trinajstić information content (AvgIpc) is 1.89. The molecule has 1 N–H and O–H groups in total. The lowest BCUT2D eigenvalue weighted by molar-refractivity contribution is -0.914. The van der Waals surface area contributed by atoms with Crippen molar-refractivity contribution in [1.29, 1.82) is 0 Å². The summed E-state index contributed by atoms with van der Waals surface area (Å²) in [6.45, 7) is 3.82. The van der Waals surface area contributed by atoms with Gasteiger partial charge in [0.25, 0.3) is 0 Å². The zero-order valence-corrected chi connectivity index (χ0v) is 6.84. The Kier molecular flexibility index (Phi) is 2.69. The quantitative estimate of drug-likeness (QED) is 0.563. The molecule has 1 aliphatic heterocycles. The van der Waals surface area contributed by atoms with E-state index in [-0.39, 0.29) is 0 Å². The van der Waals surface area contributed by atoms with Crippen molar-refractivity contribution in [2.24, 2.45) is 0 Å². The van der Waals surface area contributed by atoms with Gasteiger partial charge in [0.1, 0.15) is 6.54 Å². The van der Waals surface area contributed by atoms with E-state index in [9.17, 15) is 0 Å². The summed E-state index contributed by atoms with van der Waals surface area (Å²) in [6, 6.07) is 0. The molecule has 0 bridgehead atoms. The fraction of sp³-hybridized carbons (Fsp3) is 1.00. The summed E-state index contributed by atoms with van der Waals surface area (Å²) in [5.41, 5.74) is 0. The normalized spacial score (nSPS) is 24.6. The third-order valence-electron chi connectivity index (χ3n) is 2.54. The minimum Gasteiger partial charge on any atom is -0.391 e. The van der Waals surface area contributed by atoms with Gasteiger partial charge in [-0.15, -0.1) is 0 Å². The van der Waals surface area contributed by atoms with E-state index in [2.05, 4.69) is 7.05 Å². The molecule has 1 aliphatic rings. The maximum absolute atomic E-state index is 8.77. The molecule has 0 radical (unpaired) electrons. The molecule has 2 heteroatoms. The highest BCUT2D eigenvalue weighted by atomic mass is 16.3. The topological polar surface area (TPSA) is 20.2 Å². The van der Waals surface area contributed by atoms with Crippen LogP contribution in [0.5, 0.6) is 0 Å².